The van der Waals surface area contributed by atoms with Gasteiger partial charge >= 0.3 is 6.18 Å². The molecular formula is C15H18F4N2O. The third-order valence-corrected chi connectivity index (χ3v) is 3.83. The van der Waals surface area contributed by atoms with Crippen molar-refractivity contribution >= 4 is 11.6 Å². The maximum absolute atomic E-state index is 13.3. The van der Waals surface area contributed by atoms with Crippen LogP contribution in [0.1, 0.15) is 31.5 Å². The average Bonchev–Trinajstić information content (AvgIpc) is 2.46. The summed E-state index contributed by atoms with van der Waals surface area (Å²) in [7, 11) is 0. The first-order valence-electron chi connectivity index (χ1n) is 7.14. The van der Waals surface area contributed by atoms with Gasteiger partial charge in [0.1, 0.15) is 0 Å². The fourth-order valence-corrected chi connectivity index (χ4v) is 2.60. The molecule has 0 saturated carbocycles. The summed E-state index contributed by atoms with van der Waals surface area (Å²) in [6.45, 7) is 2.73. The summed E-state index contributed by atoms with van der Waals surface area (Å²) in [6, 6.07) is 4.83. The number of hydrogen-bond acceptors (Lipinski definition) is 2. The molecule has 1 unspecified atom stereocenters. The molecule has 1 amide bonds. The van der Waals surface area contributed by atoms with E-state index in [1.807, 2.05) is 6.92 Å². The van der Waals surface area contributed by atoms with Crippen LogP contribution in [0.3, 0.4) is 0 Å². The van der Waals surface area contributed by atoms with Crippen molar-refractivity contribution in [3.05, 3.63) is 29.8 Å². The van der Waals surface area contributed by atoms with Crippen molar-refractivity contribution in [2.75, 3.05) is 11.9 Å². The predicted octanol–water partition coefficient (Wildman–Crippen LogP) is 3.59. The standard InChI is InChI=1S/C15H18F4N2O/c1-9-12(6-3-7-20-9)14(22)21-11-5-2-4-10(8-11)13(16)15(17,18)19/h2,4-5,8-9,12-13,20H,3,6-7H2,1H3,(H,21,22)/t9-,12-,13?/m0/s1. The molecule has 0 bridgehead atoms. The molecule has 1 aromatic carbocycles. The van der Waals surface area contributed by atoms with Gasteiger partial charge in [0.05, 0.1) is 5.92 Å². The van der Waals surface area contributed by atoms with Crippen molar-refractivity contribution < 1.29 is 22.4 Å². The van der Waals surface area contributed by atoms with E-state index in [1.54, 1.807) is 0 Å². The molecular weight excluding hydrogens is 300 g/mol. The highest BCUT2D eigenvalue weighted by atomic mass is 19.4. The molecule has 1 saturated heterocycles. The van der Waals surface area contributed by atoms with Crippen LogP contribution in [0, 0.1) is 5.92 Å². The zero-order chi connectivity index (χ0) is 16.3. The number of benzene rings is 1. The molecule has 1 heterocycles. The first-order valence-corrected chi connectivity index (χ1v) is 7.14. The number of rotatable bonds is 3. The van der Waals surface area contributed by atoms with E-state index in [9.17, 15) is 22.4 Å². The quantitative estimate of drug-likeness (QED) is 0.836. The smallest absolute Gasteiger partial charge is 0.326 e. The number of hydrogen-bond donors (Lipinski definition) is 2. The summed E-state index contributed by atoms with van der Waals surface area (Å²) < 4.78 is 50.5. The van der Waals surface area contributed by atoms with Crippen molar-refractivity contribution in [1.82, 2.24) is 5.32 Å². The Labute approximate surface area is 126 Å². The highest BCUT2D eigenvalue weighted by Gasteiger charge is 2.41. The molecule has 122 valence electrons. The van der Waals surface area contributed by atoms with E-state index in [4.69, 9.17) is 0 Å². The van der Waals surface area contributed by atoms with Crippen molar-refractivity contribution in [3.63, 3.8) is 0 Å². The van der Waals surface area contributed by atoms with E-state index in [-0.39, 0.29) is 23.6 Å². The second kappa shape index (κ2) is 6.64. The molecule has 3 atom stereocenters. The summed E-state index contributed by atoms with van der Waals surface area (Å²) in [5, 5.41) is 5.75. The summed E-state index contributed by atoms with van der Waals surface area (Å²) in [6.07, 6.45) is -6.43. The molecule has 0 aliphatic carbocycles. The third kappa shape index (κ3) is 3.97. The zero-order valence-corrected chi connectivity index (χ0v) is 12.1. The Bertz CT molecular complexity index is 533. The number of amides is 1. The van der Waals surface area contributed by atoms with Gasteiger partial charge in [0.25, 0.3) is 0 Å². The summed E-state index contributed by atoms with van der Waals surface area (Å²) >= 11 is 0. The maximum Gasteiger partial charge on any atom is 0.423 e. The van der Waals surface area contributed by atoms with Gasteiger partial charge in [0.2, 0.25) is 12.1 Å². The van der Waals surface area contributed by atoms with E-state index in [2.05, 4.69) is 10.6 Å². The first-order chi connectivity index (χ1) is 10.3. The van der Waals surface area contributed by atoms with Crippen LogP contribution < -0.4 is 10.6 Å². The Hall–Kier alpha value is -1.63. The van der Waals surface area contributed by atoms with Crippen LogP contribution in [-0.4, -0.2) is 24.7 Å². The number of carbonyl (C=O) groups is 1. The minimum atomic E-state index is -4.95. The van der Waals surface area contributed by atoms with Gasteiger partial charge in [-0.3, -0.25) is 4.79 Å². The lowest BCUT2D eigenvalue weighted by Crippen LogP contribution is -2.44. The molecule has 22 heavy (non-hydrogen) atoms. The second-order valence-electron chi connectivity index (χ2n) is 5.51. The summed E-state index contributed by atoms with van der Waals surface area (Å²) in [5.41, 5.74) is -0.340. The van der Waals surface area contributed by atoms with E-state index < -0.39 is 17.9 Å². The molecule has 0 radical (unpaired) electrons. The Morgan fingerprint density at radius 1 is 1.41 bits per heavy atom. The van der Waals surface area contributed by atoms with Gasteiger partial charge in [-0.15, -0.1) is 0 Å². The lowest BCUT2D eigenvalue weighted by Gasteiger charge is -2.28. The number of carbonyl (C=O) groups excluding carboxylic acids is 1. The number of alkyl halides is 4. The molecule has 1 fully saturated rings. The largest absolute Gasteiger partial charge is 0.423 e. The first kappa shape index (κ1) is 16.7. The topological polar surface area (TPSA) is 41.1 Å². The highest BCUT2D eigenvalue weighted by Crippen LogP contribution is 2.36. The Kier molecular flexibility index (Phi) is 5.05. The summed E-state index contributed by atoms with van der Waals surface area (Å²) in [4.78, 5) is 12.2. The van der Waals surface area contributed by atoms with Gasteiger partial charge in [0.15, 0.2) is 0 Å². The van der Waals surface area contributed by atoms with Gasteiger partial charge in [-0.05, 0) is 44.0 Å². The SMILES string of the molecule is C[C@@H]1NCCC[C@@H]1C(=O)Nc1cccc(C(F)C(F)(F)F)c1. The average molecular weight is 318 g/mol. The van der Waals surface area contributed by atoms with Crippen LogP contribution in [0.15, 0.2) is 24.3 Å². The molecule has 3 nitrogen and oxygen atoms in total. The van der Waals surface area contributed by atoms with Crippen LogP contribution >= 0.6 is 0 Å². The van der Waals surface area contributed by atoms with Crippen LogP contribution in [0.4, 0.5) is 23.2 Å². The number of nitrogens with one attached hydrogen (secondary N) is 2. The van der Waals surface area contributed by atoms with Crippen molar-refractivity contribution in [2.45, 2.75) is 38.2 Å². The molecule has 0 aromatic heterocycles. The highest BCUT2D eigenvalue weighted by molar-refractivity contribution is 5.93. The van der Waals surface area contributed by atoms with Gasteiger partial charge in [-0.25, -0.2) is 4.39 Å². The number of halogens is 4. The van der Waals surface area contributed by atoms with E-state index in [1.165, 1.54) is 12.1 Å². The molecule has 1 aliphatic heterocycles. The molecule has 0 spiro atoms. The number of anilines is 1. The Morgan fingerprint density at radius 2 is 2.14 bits per heavy atom. The van der Waals surface area contributed by atoms with E-state index in [0.29, 0.717) is 6.42 Å². The Morgan fingerprint density at radius 3 is 2.77 bits per heavy atom. The number of piperidine rings is 1. The van der Waals surface area contributed by atoms with Crippen molar-refractivity contribution in [1.29, 1.82) is 0 Å². The van der Waals surface area contributed by atoms with E-state index >= 15 is 0 Å². The molecule has 2 N–H and O–H groups in total. The normalized spacial score (nSPS) is 23.9. The maximum atomic E-state index is 13.3. The Balaban J connectivity index is 2.08. The van der Waals surface area contributed by atoms with Crippen LogP contribution in [0.25, 0.3) is 0 Å². The van der Waals surface area contributed by atoms with Gasteiger partial charge in [-0.2, -0.15) is 13.2 Å². The van der Waals surface area contributed by atoms with Crippen LogP contribution in [-0.2, 0) is 4.79 Å². The second-order valence-corrected chi connectivity index (χ2v) is 5.51. The fraction of sp³-hybridized carbons (Fsp3) is 0.533. The van der Waals surface area contributed by atoms with Gasteiger partial charge in [-0.1, -0.05) is 12.1 Å². The lowest BCUT2D eigenvalue weighted by atomic mass is 9.91. The minimum Gasteiger partial charge on any atom is -0.326 e. The minimum absolute atomic E-state index is 0.000955. The molecule has 7 heteroatoms. The lowest BCUT2D eigenvalue weighted by molar-refractivity contribution is -0.182. The monoisotopic (exact) mass is 318 g/mol. The molecule has 1 aliphatic rings. The van der Waals surface area contributed by atoms with Crippen LogP contribution in [0.2, 0.25) is 0 Å². The fourth-order valence-electron chi connectivity index (χ4n) is 2.60. The van der Waals surface area contributed by atoms with Gasteiger partial charge in [0, 0.05) is 11.7 Å². The van der Waals surface area contributed by atoms with Crippen molar-refractivity contribution in [2.24, 2.45) is 5.92 Å². The predicted molar refractivity (Wildman–Crippen MR) is 75.2 cm³/mol. The zero-order valence-electron chi connectivity index (χ0n) is 12.1. The molecule has 2 rings (SSSR count). The van der Waals surface area contributed by atoms with E-state index in [0.717, 1.165) is 25.1 Å². The molecule has 1 aromatic rings. The van der Waals surface area contributed by atoms with Gasteiger partial charge < -0.3 is 10.6 Å². The van der Waals surface area contributed by atoms with Crippen LogP contribution in [0.5, 0.6) is 0 Å². The van der Waals surface area contributed by atoms with Crippen molar-refractivity contribution in [3.8, 4) is 0 Å². The third-order valence-electron chi connectivity index (χ3n) is 3.83. The summed E-state index contributed by atoms with van der Waals surface area (Å²) in [5.74, 6) is -0.513.